The Balaban J connectivity index is 2.18. The Hall–Kier alpha value is -1.67. The molecule has 114 valence electrons. The number of hydrogen-bond acceptors (Lipinski definition) is 5. The molecule has 1 aliphatic carbocycles. The van der Waals surface area contributed by atoms with Gasteiger partial charge in [-0.25, -0.2) is 0 Å². The van der Waals surface area contributed by atoms with E-state index in [0.717, 1.165) is 12.8 Å². The van der Waals surface area contributed by atoms with Crippen molar-refractivity contribution in [3.8, 4) is 5.75 Å². The monoisotopic (exact) mass is 358 g/mol. The number of halogens is 1. The summed E-state index contributed by atoms with van der Waals surface area (Å²) in [7, 11) is 1.58. The second-order valence-corrected chi connectivity index (χ2v) is 5.91. The third-order valence-electron chi connectivity index (χ3n) is 3.64. The van der Waals surface area contributed by atoms with E-state index in [1.165, 1.54) is 12.1 Å². The molecule has 2 rings (SSSR count). The van der Waals surface area contributed by atoms with Crippen molar-refractivity contribution in [2.45, 2.75) is 18.4 Å². The Labute approximate surface area is 129 Å². The SMILES string of the molecule is CNC(COc1cc(Br)cc([N+](=O)[O-])c1)(C(=O)O)C1CC1. The van der Waals surface area contributed by atoms with Gasteiger partial charge >= 0.3 is 5.97 Å². The fraction of sp³-hybridized carbons (Fsp3) is 0.462. The van der Waals surface area contributed by atoms with Gasteiger partial charge < -0.3 is 15.2 Å². The minimum Gasteiger partial charge on any atom is -0.491 e. The number of ether oxygens (including phenoxy) is 1. The molecule has 1 aromatic carbocycles. The van der Waals surface area contributed by atoms with Crippen LogP contribution in [0.5, 0.6) is 5.75 Å². The van der Waals surface area contributed by atoms with Crippen LogP contribution in [0, 0.1) is 16.0 Å². The first-order valence-corrected chi connectivity index (χ1v) is 7.18. The summed E-state index contributed by atoms with van der Waals surface area (Å²) < 4.78 is 6.02. The number of nitro groups is 1. The molecule has 1 fully saturated rings. The number of nitro benzene ring substituents is 1. The zero-order valence-corrected chi connectivity index (χ0v) is 12.9. The molecule has 2 N–H and O–H groups in total. The van der Waals surface area contributed by atoms with Crippen LogP contribution in [-0.2, 0) is 4.79 Å². The summed E-state index contributed by atoms with van der Waals surface area (Å²) >= 11 is 3.17. The van der Waals surface area contributed by atoms with Crippen molar-refractivity contribution in [1.82, 2.24) is 5.32 Å². The maximum absolute atomic E-state index is 11.5. The highest BCUT2D eigenvalue weighted by atomic mass is 79.9. The van der Waals surface area contributed by atoms with E-state index in [2.05, 4.69) is 21.2 Å². The Kier molecular flexibility index (Phi) is 4.48. The number of hydrogen-bond donors (Lipinski definition) is 2. The molecule has 21 heavy (non-hydrogen) atoms. The third-order valence-corrected chi connectivity index (χ3v) is 4.09. The molecule has 0 spiro atoms. The molecule has 0 bridgehead atoms. The molecule has 1 unspecified atom stereocenters. The van der Waals surface area contributed by atoms with Crippen molar-refractivity contribution >= 4 is 27.6 Å². The van der Waals surface area contributed by atoms with Crippen LogP contribution in [-0.4, -0.2) is 35.2 Å². The number of aliphatic carboxylic acids is 1. The lowest BCUT2D eigenvalue weighted by molar-refractivity contribution is -0.385. The largest absolute Gasteiger partial charge is 0.491 e. The van der Waals surface area contributed by atoms with Crippen molar-refractivity contribution in [3.05, 3.63) is 32.8 Å². The number of rotatable bonds is 7. The Bertz CT molecular complexity index is 576. The quantitative estimate of drug-likeness (QED) is 0.572. The van der Waals surface area contributed by atoms with E-state index in [4.69, 9.17) is 4.74 Å². The van der Waals surface area contributed by atoms with E-state index in [-0.39, 0.29) is 24.0 Å². The molecule has 0 saturated heterocycles. The highest BCUT2D eigenvalue weighted by molar-refractivity contribution is 9.10. The van der Waals surface area contributed by atoms with Gasteiger partial charge in [-0.3, -0.25) is 14.9 Å². The van der Waals surface area contributed by atoms with E-state index in [9.17, 15) is 20.0 Å². The highest BCUT2D eigenvalue weighted by Gasteiger charge is 2.51. The van der Waals surface area contributed by atoms with Gasteiger partial charge in [0.25, 0.3) is 5.69 Å². The zero-order valence-electron chi connectivity index (χ0n) is 11.3. The van der Waals surface area contributed by atoms with Crippen LogP contribution in [0.2, 0.25) is 0 Å². The third kappa shape index (κ3) is 3.33. The summed E-state index contributed by atoms with van der Waals surface area (Å²) in [6.07, 6.45) is 1.66. The van der Waals surface area contributed by atoms with Crippen LogP contribution in [0.4, 0.5) is 5.69 Å². The van der Waals surface area contributed by atoms with Crippen molar-refractivity contribution in [2.75, 3.05) is 13.7 Å². The van der Waals surface area contributed by atoms with Crippen molar-refractivity contribution in [1.29, 1.82) is 0 Å². The van der Waals surface area contributed by atoms with E-state index in [1.807, 2.05) is 0 Å². The summed E-state index contributed by atoms with van der Waals surface area (Å²) in [5.41, 5.74) is -1.27. The minimum atomic E-state index is -1.16. The fourth-order valence-corrected chi connectivity index (χ4v) is 2.71. The number of nitrogens with one attached hydrogen (secondary N) is 1. The first kappa shape index (κ1) is 15.7. The topological polar surface area (TPSA) is 102 Å². The van der Waals surface area contributed by atoms with Crippen molar-refractivity contribution < 1.29 is 19.6 Å². The number of benzene rings is 1. The molecule has 1 aromatic rings. The van der Waals surface area contributed by atoms with E-state index in [0.29, 0.717) is 4.47 Å². The van der Waals surface area contributed by atoms with Crippen LogP contribution in [0.25, 0.3) is 0 Å². The van der Waals surface area contributed by atoms with Gasteiger partial charge in [0.2, 0.25) is 0 Å². The molecule has 7 nitrogen and oxygen atoms in total. The number of carboxylic acids is 1. The fourth-order valence-electron chi connectivity index (χ4n) is 2.25. The number of carboxylic acid groups (broad SMARTS) is 1. The van der Waals surface area contributed by atoms with Crippen molar-refractivity contribution in [3.63, 3.8) is 0 Å². The summed E-state index contributed by atoms with van der Waals surface area (Å²) in [6.45, 7) is -0.0862. The predicted molar refractivity (Wildman–Crippen MR) is 78.4 cm³/mol. The molecular weight excluding hydrogens is 344 g/mol. The lowest BCUT2D eigenvalue weighted by Crippen LogP contribution is -2.56. The molecule has 0 radical (unpaired) electrons. The Morgan fingerprint density at radius 3 is 2.71 bits per heavy atom. The lowest BCUT2D eigenvalue weighted by Gasteiger charge is -2.28. The van der Waals surface area contributed by atoms with Gasteiger partial charge in [-0.1, -0.05) is 15.9 Å². The van der Waals surface area contributed by atoms with Gasteiger partial charge in [0, 0.05) is 10.5 Å². The molecule has 1 saturated carbocycles. The van der Waals surface area contributed by atoms with Gasteiger partial charge in [-0.05, 0) is 31.9 Å². The molecule has 0 aromatic heterocycles. The number of likely N-dealkylation sites (N-methyl/N-ethyl adjacent to an activating group) is 1. The first-order chi connectivity index (χ1) is 9.89. The zero-order chi connectivity index (χ0) is 15.6. The summed E-state index contributed by atoms with van der Waals surface area (Å²) in [5, 5.41) is 23.1. The standard InChI is InChI=1S/C13H15BrN2O5/c1-15-13(12(17)18,8-2-3-8)7-21-11-5-9(14)4-10(6-11)16(19)20/h4-6,8,15H,2-3,7H2,1H3,(H,17,18). The maximum atomic E-state index is 11.5. The highest BCUT2D eigenvalue weighted by Crippen LogP contribution is 2.40. The average Bonchev–Trinajstić information content (AvgIpc) is 3.24. The van der Waals surface area contributed by atoms with Crippen molar-refractivity contribution in [2.24, 2.45) is 5.92 Å². The first-order valence-electron chi connectivity index (χ1n) is 6.39. The van der Waals surface area contributed by atoms with Crippen LogP contribution in [0.3, 0.4) is 0 Å². The van der Waals surface area contributed by atoms with Gasteiger partial charge in [-0.2, -0.15) is 0 Å². The molecule has 0 heterocycles. The molecule has 1 atom stereocenters. The Morgan fingerprint density at radius 2 is 2.24 bits per heavy atom. The van der Waals surface area contributed by atoms with E-state index in [1.54, 1.807) is 13.1 Å². The minimum absolute atomic E-state index is 0.0159. The van der Waals surface area contributed by atoms with Gasteiger partial charge in [-0.15, -0.1) is 0 Å². The van der Waals surface area contributed by atoms with Gasteiger partial charge in [0.15, 0.2) is 5.54 Å². The molecule has 1 aliphatic rings. The summed E-state index contributed by atoms with van der Waals surface area (Å²) in [4.78, 5) is 21.8. The van der Waals surface area contributed by atoms with Crippen LogP contribution in [0.15, 0.2) is 22.7 Å². The lowest BCUT2D eigenvalue weighted by atomic mass is 9.94. The molecular formula is C13H15BrN2O5. The summed E-state index contributed by atoms with van der Waals surface area (Å²) in [5.74, 6) is -0.697. The van der Waals surface area contributed by atoms with E-state index < -0.39 is 16.4 Å². The second-order valence-electron chi connectivity index (χ2n) is 4.99. The van der Waals surface area contributed by atoms with Crippen LogP contribution < -0.4 is 10.1 Å². The number of non-ortho nitro benzene ring substituents is 1. The average molecular weight is 359 g/mol. The van der Waals surface area contributed by atoms with Crippen LogP contribution in [0.1, 0.15) is 12.8 Å². The van der Waals surface area contributed by atoms with Gasteiger partial charge in [0.05, 0.1) is 11.0 Å². The predicted octanol–water partition coefficient (Wildman–Crippen LogP) is 2.19. The Morgan fingerprint density at radius 1 is 1.57 bits per heavy atom. The van der Waals surface area contributed by atoms with Crippen LogP contribution >= 0.6 is 15.9 Å². The second kappa shape index (κ2) is 5.98. The maximum Gasteiger partial charge on any atom is 0.327 e. The molecule has 8 heteroatoms. The number of nitrogens with zero attached hydrogens (tertiary/aromatic N) is 1. The summed E-state index contributed by atoms with van der Waals surface area (Å²) in [6, 6.07) is 4.21. The smallest absolute Gasteiger partial charge is 0.327 e. The normalized spacial score (nSPS) is 17.0. The van der Waals surface area contributed by atoms with E-state index >= 15 is 0 Å². The van der Waals surface area contributed by atoms with Gasteiger partial charge in [0.1, 0.15) is 12.4 Å². The molecule has 0 amide bonds. The molecule has 0 aliphatic heterocycles. The number of carbonyl (C=O) groups is 1.